The van der Waals surface area contributed by atoms with Crippen LogP contribution in [0.25, 0.3) is 0 Å². The summed E-state index contributed by atoms with van der Waals surface area (Å²) in [5.74, 6) is -0.0546. The maximum Gasteiger partial charge on any atom is 0.268 e. The van der Waals surface area contributed by atoms with Gasteiger partial charge in [-0.3, -0.25) is 9.78 Å². The first kappa shape index (κ1) is 11.6. The van der Waals surface area contributed by atoms with Crippen LogP contribution in [0.3, 0.4) is 0 Å². The molecular weight excluding hydrogens is 234 g/mol. The van der Waals surface area contributed by atoms with Gasteiger partial charge in [-0.25, -0.2) is 0 Å². The number of rotatable bonds is 2. The average Bonchev–Trinajstić information content (AvgIpc) is 2.69. The predicted molar refractivity (Wildman–Crippen MR) is 70.4 cm³/mol. The van der Waals surface area contributed by atoms with Gasteiger partial charge in [0.2, 0.25) is 0 Å². The van der Waals surface area contributed by atoms with Gasteiger partial charge in [0.25, 0.3) is 5.91 Å². The number of amides is 1. The maximum atomic E-state index is 12.2. The van der Waals surface area contributed by atoms with Gasteiger partial charge < -0.3 is 10.6 Å². The van der Waals surface area contributed by atoms with Gasteiger partial charge >= 0.3 is 0 Å². The lowest BCUT2D eigenvalue weighted by Gasteiger charge is -2.15. The second-order valence-corrected chi connectivity index (χ2v) is 4.95. The molecule has 88 valence electrons. The maximum absolute atomic E-state index is 12.2. The molecule has 0 aliphatic rings. The van der Waals surface area contributed by atoms with E-state index in [9.17, 15) is 4.79 Å². The van der Waals surface area contributed by atoms with Crippen LogP contribution in [0.1, 0.15) is 14.5 Å². The predicted octanol–water partition coefficient (Wildman–Crippen LogP) is 2.31. The van der Waals surface area contributed by atoms with E-state index in [4.69, 9.17) is 5.73 Å². The lowest BCUT2D eigenvalue weighted by atomic mass is 10.3. The Morgan fingerprint density at radius 2 is 2.06 bits per heavy atom. The molecule has 0 saturated heterocycles. The highest BCUT2D eigenvalue weighted by molar-refractivity contribution is 7.14. The SMILES string of the molecule is Cc1sc(C(=O)N(C)c2ccncc2)cc1N. The van der Waals surface area contributed by atoms with Crippen molar-refractivity contribution in [2.24, 2.45) is 0 Å². The van der Waals surface area contributed by atoms with Gasteiger partial charge in [-0.15, -0.1) is 11.3 Å². The summed E-state index contributed by atoms with van der Waals surface area (Å²) in [4.78, 5) is 19.3. The molecule has 2 N–H and O–H groups in total. The molecule has 0 bridgehead atoms. The number of pyridine rings is 1. The quantitative estimate of drug-likeness (QED) is 0.886. The largest absolute Gasteiger partial charge is 0.398 e. The Balaban J connectivity index is 2.26. The lowest BCUT2D eigenvalue weighted by Crippen LogP contribution is -2.25. The van der Waals surface area contributed by atoms with Crippen LogP contribution in [0.2, 0.25) is 0 Å². The molecule has 0 atom stereocenters. The summed E-state index contributed by atoms with van der Waals surface area (Å²) in [6.07, 6.45) is 3.32. The van der Waals surface area contributed by atoms with E-state index in [1.807, 2.05) is 6.92 Å². The Labute approximate surface area is 104 Å². The van der Waals surface area contributed by atoms with Crippen molar-refractivity contribution in [3.63, 3.8) is 0 Å². The van der Waals surface area contributed by atoms with E-state index in [0.29, 0.717) is 10.6 Å². The molecule has 4 nitrogen and oxygen atoms in total. The highest BCUT2D eigenvalue weighted by Crippen LogP contribution is 2.25. The summed E-state index contributed by atoms with van der Waals surface area (Å²) >= 11 is 1.41. The second kappa shape index (κ2) is 4.55. The molecule has 0 spiro atoms. The number of aryl methyl sites for hydroxylation is 1. The zero-order chi connectivity index (χ0) is 12.4. The minimum Gasteiger partial charge on any atom is -0.398 e. The number of carbonyl (C=O) groups excluding carboxylic acids is 1. The highest BCUT2D eigenvalue weighted by atomic mass is 32.1. The van der Waals surface area contributed by atoms with Gasteiger partial charge in [0.05, 0.1) is 4.88 Å². The molecule has 17 heavy (non-hydrogen) atoms. The topological polar surface area (TPSA) is 59.2 Å². The Hall–Kier alpha value is -1.88. The number of hydrogen-bond donors (Lipinski definition) is 1. The van der Waals surface area contributed by atoms with E-state index in [0.717, 1.165) is 10.6 Å². The van der Waals surface area contributed by atoms with Crippen LogP contribution in [-0.2, 0) is 0 Å². The number of thiophene rings is 1. The third kappa shape index (κ3) is 2.29. The first-order valence-corrected chi connectivity index (χ1v) is 5.95. The van der Waals surface area contributed by atoms with Crippen molar-refractivity contribution in [3.05, 3.63) is 40.3 Å². The van der Waals surface area contributed by atoms with Crippen molar-refractivity contribution in [3.8, 4) is 0 Å². The van der Waals surface area contributed by atoms with Crippen LogP contribution < -0.4 is 10.6 Å². The molecule has 0 aromatic carbocycles. The summed E-state index contributed by atoms with van der Waals surface area (Å²) in [5, 5.41) is 0. The van der Waals surface area contributed by atoms with Crippen molar-refractivity contribution < 1.29 is 4.79 Å². The van der Waals surface area contributed by atoms with Gasteiger partial charge in [-0.05, 0) is 25.1 Å². The summed E-state index contributed by atoms with van der Waals surface area (Å²) in [5.41, 5.74) is 7.23. The van der Waals surface area contributed by atoms with Crippen molar-refractivity contribution in [2.45, 2.75) is 6.92 Å². The molecule has 0 aliphatic heterocycles. The van der Waals surface area contributed by atoms with Crippen molar-refractivity contribution in [1.82, 2.24) is 4.98 Å². The van der Waals surface area contributed by atoms with Crippen LogP contribution in [0.15, 0.2) is 30.6 Å². The smallest absolute Gasteiger partial charge is 0.268 e. The standard InChI is InChI=1S/C12H13N3OS/c1-8-10(13)7-11(17-8)12(16)15(2)9-3-5-14-6-4-9/h3-7H,13H2,1-2H3. The van der Waals surface area contributed by atoms with Crippen molar-refractivity contribution in [2.75, 3.05) is 17.7 Å². The second-order valence-electron chi connectivity index (χ2n) is 3.69. The molecule has 2 aromatic rings. The Bertz CT molecular complexity index is 516. The summed E-state index contributed by atoms with van der Waals surface area (Å²) in [6, 6.07) is 5.31. The number of carbonyl (C=O) groups is 1. The Kier molecular flexibility index (Phi) is 3.10. The first-order valence-electron chi connectivity index (χ1n) is 5.13. The normalized spacial score (nSPS) is 10.2. The molecule has 0 aliphatic carbocycles. The number of nitrogen functional groups attached to an aromatic ring is 1. The van der Waals surface area contributed by atoms with E-state index in [1.165, 1.54) is 11.3 Å². The molecule has 0 unspecified atom stereocenters. The van der Waals surface area contributed by atoms with Crippen LogP contribution in [0.5, 0.6) is 0 Å². The minimum atomic E-state index is -0.0546. The van der Waals surface area contributed by atoms with Crippen LogP contribution in [0, 0.1) is 6.92 Å². The lowest BCUT2D eigenvalue weighted by molar-refractivity contribution is 0.0997. The fourth-order valence-electron chi connectivity index (χ4n) is 1.45. The van der Waals surface area contributed by atoms with Crippen molar-refractivity contribution in [1.29, 1.82) is 0 Å². The van der Waals surface area contributed by atoms with Gasteiger partial charge in [0.15, 0.2) is 0 Å². The molecule has 0 radical (unpaired) electrons. The molecule has 2 heterocycles. The van der Waals surface area contributed by atoms with E-state index in [-0.39, 0.29) is 5.91 Å². The van der Waals surface area contributed by atoms with Crippen LogP contribution in [0.4, 0.5) is 11.4 Å². The number of aromatic nitrogens is 1. The van der Waals surface area contributed by atoms with Crippen LogP contribution in [-0.4, -0.2) is 17.9 Å². The molecule has 0 saturated carbocycles. The Morgan fingerprint density at radius 1 is 1.41 bits per heavy atom. The van der Waals surface area contributed by atoms with Gasteiger partial charge in [0.1, 0.15) is 0 Å². The van der Waals surface area contributed by atoms with E-state index < -0.39 is 0 Å². The number of nitrogens with zero attached hydrogens (tertiary/aromatic N) is 2. The van der Waals surface area contributed by atoms with Gasteiger partial charge in [-0.1, -0.05) is 0 Å². The molecule has 2 aromatic heterocycles. The zero-order valence-corrected chi connectivity index (χ0v) is 10.5. The number of hydrogen-bond acceptors (Lipinski definition) is 4. The van der Waals surface area contributed by atoms with E-state index in [2.05, 4.69) is 4.98 Å². The number of anilines is 2. The van der Waals surface area contributed by atoms with Crippen molar-refractivity contribution >= 4 is 28.6 Å². The van der Waals surface area contributed by atoms with Crippen LogP contribution >= 0.6 is 11.3 Å². The first-order chi connectivity index (χ1) is 8.09. The summed E-state index contributed by atoms with van der Waals surface area (Å²) < 4.78 is 0. The van der Waals surface area contributed by atoms with Gasteiger partial charge in [0, 0.05) is 35.7 Å². The molecular formula is C12H13N3OS. The third-order valence-electron chi connectivity index (χ3n) is 2.52. The molecule has 1 amide bonds. The summed E-state index contributed by atoms with van der Waals surface area (Å²) in [6.45, 7) is 1.91. The monoisotopic (exact) mass is 247 g/mol. The molecule has 0 fully saturated rings. The average molecular weight is 247 g/mol. The fraction of sp³-hybridized carbons (Fsp3) is 0.167. The zero-order valence-electron chi connectivity index (χ0n) is 9.68. The fourth-order valence-corrected chi connectivity index (χ4v) is 2.37. The number of nitrogens with two attached hydrogens (primary N) is 1. The minimum absolute atomic E-state index is 0.0546. The Morgan fingerprint density at radius 3 is 2.59 bits per heavy atom. The third-order valence-corrected chi connectivity index (χ3v) is 3.58. The summed E-state index contributed by atoms with van der Waals surface area (Å²) in [7, 11) is 1.74. The molecule has 5 heteroatoms. The highest BCUT2D eigenvalue weighted by Gasteiger charge is 2.16. The van der Waals surface area contributed by atoms with Gasteiger partial charge in [-0.2, -0.15) is 0 Å². The molecule has 2 rings (SSSR count). The van der Waals surface area contributed by atoms with E-state index >= 15 is 0 Å². The van der Waals surface area contributed by atoms with E-state index in [1.54, 1.807) is 42.5 Å².